The molecule has 162 valence electrons. The molecular formula is C24H21ClN4O2S. The number of para-hydroxylation sites is 1. The number of rotatable bonds is 6. The Kier molecular flexibility index (Phi) is 6.48. The maximum Gasteiger partial charge on any atom is 0.252 e. The minimum atomic E-state index is -0.743. The van der Waals surface area contributed by atoms with Crippen LogP contribution in [0.15, 0.2) is 73.1 Å². The number of hydrogen-bond acceptors (Lipinski definition) is 4. The first-order valence-electron chi connectivity index (χ1n) is 10.1. The first-order chi connectivity index (χ1) is 15.4. The maximum absolute atomic E-state index is 13.4. The average Bonchev–Trinajstić information content (AvgIpc) is 3.01. The molecule has 0 radical (unpaired) electrons. The summed E-state index contributed by atoms with van der Waals surface area (Å²) in [6.07, 6.45) is 3.34. The van der Waals surface area contributed by atoms with Crippen LogP contribution in [0, 0.1) is 6.92 Å². The molecule has 1 aliphatic heterocycles. The van der Waals surface area contributed by atoms with E-state index in [9.17, 15) is 9.59 Å². The number of aromatic nitrogens is 1. The van der Waals surface area contributed by atoms with Crippen LogP contribution in [-0.4, -0.2) is 32.9 Å². The third-order valence-electron chi connectivity index (χ3n) is 5.24. The number of hydrogen-bond donors (Lipinski definition) is 1. The largest absolute Gasteiger partial charge is 0.326 e. The van der Waals surface area contributed by atoms with Crippen molar-refractivity contribution < 1.29 is 9.59 Å². The molecule has 2 amide bonds. The summed E-state index contributed by atoms with van der Waals surface area (Å²) in [7, 11) is 0. The van der Waals surface area contributed by atoms with Crippen LogP contribution in [0.3, 0.4) is 0 Å². The lowest BCUT2D eigenvalue weighted by Gasteiger charge is -2.25. The third kappa shape index (κ3) is 4.64. The van der Waals surface area contributed by atoms with Crippen LogP contribution < -0.4 is 10.2 Å². The molecule has 6 nitrogen and oxygen atoms in total. The predicted molar refractivity (Wildman–Crippen MR) is 130 cm³/mol. The Bertz CT molecular complexity index is 1150. The molecule has 1 atom stereocenters. The molecule has 0 saturated carbocycles. The number of anilines is 2. The lowest BCUT2D eigenvalue weighted by Crippen LogP contribution is -2.38. The molecule has 0 bridgehead atoms. The number of carbonyl (C=O) groups excluding carboxylic acids is 2. The lowest BCUT2D eigenvalue weighted by molar-refractivity contribution is -0.129. The summed E-state index contributed by atoms with van der Waals surface area (Å²) in [6.45, 7) is 2.25. The number of benzene rings is 2. The Hall–Kier alpha value is -3.29. The highest BCUT2D eigenvalue weighted by Gasteiger charge is 2.44. The van der Waals surface area contributed by atoms with Crippen molar-refractivity contribution in [3.05, 3.63) is 89.2 Å². The van der Waals surface area contributed by atoms with E-state index < -0.39 is 6.04 Å². The molecule has 1 N–H and O–H groups in total. The number of pyridine rings is 1. The molecule has 2 aromatic carbocycles. The Morgan fingerprint density at radius 1 is 1.12 bits per heavy atom. The van der Waals surface area contributed by atoms with Gasteiger partial charge < -0.3 is 10.2 Å². The van der Waals surface area contributed by atoms with E-state index in [1.807, 2.05) is 43.3 Å². The van der Waals surface area contributed by atoms with Crippen LogP contribution in [0.2, 0.25) is 5.02 Å². The van der Waals surface area contributed by atoms with Crippen LogP contribution in [0.5, 0.6) is 0 Å². The maximum atomic E-state index is 13.4. The van der Waals surface area contributed by atoms with Gasteiger partial charge in [-0.05, 0) is 66.7 Å². The summed E-state index contributed by atoms with van der Waals surface area (Å²) in [5.41, 5.74) is 3.25. The van der Waals surface area contributed by atoms with Crippen molar-refractivity contribution >= 4 is 52.1 Å². The average molecular weight is 465 g/mol. The highest BCUT2D eigenvalue weighted by atomic mass is 35.5. The van der Waals surface area contributed by atoms with Crippen molar-refractivity contribution in [2.24, 2.45) is 0 Å². The highest BCUT2D eigenvalue weighted by Crippen LogP contribution is 2.31. The van der Waals surface area contributed by atoms with E-state index in [1.165, 1.54) is 0 Å². The molecule has 2 heterocycles. The van der Waals surface area contributed by atoms with Gasteiger partial charge in [0.25, 0.3) is 5.91 Å². The molecule has 1 unspecified atom stereocenters. The van der Waals surface area contributed by atoms with Gasteiger partial charge in [-0.15, -0.1) is 0 Å². The van der Waals surface area contributed by atoms with E-state index in [2.05, 4.69) is 10.3 Å². The van der Waals surface area contributed by atoms with Crippen molar-refractivity contribution in [1.82, 2.24) is 9.88 Å². The second-order valence-electron chi connectivity index (χ2n) is 7.50. The fourth-order valence-corrected chi connectivity index (χ4v) is 4.18. The summed E-state index contributed by atoms with van der Waals surface area (Å²) in [4.78, 5) is 33.7. The van der Waals surface area contributed by atoms with Crippen LogP contribution in [0.4, 0.5) is 11.4 Å². The lowest BCUT2D eigenvalue weighted by atomic mass is 10.1. The van der Waals surface area contributed by atoms with E-state index in [-0.39, 0.29) is 18.2 Å². The standard InChI is InChI=1S/C24H21ClN4O2S/c1-16-5-2-3-7-20(16)29-21(13-22(30)27-19-10-8-18(25)9-11-19)23(31)28(24(29)32)15-17-6-4-12-26-14-17/h2-12,14,21H,13,15H2,1H3,(H,27,30). The number of amides is 2. The monoisotopic (exact) mass is 464 g/mol. The van der Waals surface area contributed by atoms with Gasteiger partial charge in [-0.1, -0.05) is 35.9 Å². The van der Waals surface area contributed by atoms with Crippen LogP contribution in [0.25, 0.3) is 0 Å². The SMILES string of the molecule is Cc1ccccc1N1C(=S)N(Cc2cccnc2)C(=O)C1CC(=O)Nc1ccc(Cl)cc1. The van der Waals surface area contributed by atoms with Gasteiger partial charge in [0.2, 0.25) is 5.91 Å². The summed E-state index contributed by atoms with van der Waals surface area (Å²) in [5, 5.41) is 3.79. The Morgan fingerprint density at radius 2 is 1.88 bits per heavy atom. The summed E-state index contributed by atoms with van der Waals surface area (Å²) >= 11 is 11.6. The van der Waals surface area contributed by atoms with E-state index in [0.29, 0.717) is 22.4 Å². The molecule has 1 saturated heterocycles. The minimum Gasteiger partial charge on any atom is -0.326 e. The Morgan fingerprint density at radius 3 is 2.56 bits per heavy atom. The van der Waals surface area contributed by atoms with Gasteiger partial charge in [0.1, 0.15) is 6.04 Å². The number of thiocarbonyl (C=S) groups is 1. The van der Waals surface area contributed by atoms with Crippen molar-refractivity contribution in [2.45, 2.75) is 25.9 Å². The molecular weight excluding hydrogens is 444 g/mol. The molecule has 1 aromatic heterocycles. The van der Waals surface area contributed by atoms with Crippen LogP contribution in [0.1, 0.15) is 17.5 Å². The summed E-state index contributed by atoms with van der Waals surface area (Å²) < 4.78 is 0. The third-order valence-corrected chi connectivity index (χ3v) is 5.91. The highest BCUT2D eigenvalue weighted by molar-refractivity contribution is 7.80. The quantitative estimate of drug-likeness (QED) is 0.541. The minimum absolute atomic E-state index is 0.0422. The molecule has 3 aromatic rings. The van der Waals surface area contributed by atoms with Gasteiger partial charge in [-0.25, -0.2) is 0 Å². The summed E-state index contributed by atoms with van der Waals surface area (Å²) in [6, 6.07) is 17.5. The zero-order valence-electron chi connectivity index (χ0n) is 17.4. The molecule has 1 aliphatic rings. The Labute approximate surface area is 196 Å². The first kappa shape index (κ1) is 21.9. The normalized spacial score (nSPS) is 15.9. The fourth-order valence-electron chi connectivity index (χ4n) is 3.67. The van der Waals surface area contributed by atoms with E-state index in [1.54, 1.807) is 46.5 Å². The first-order valence-corrected chi connectivity index (χ1v) is 10.9. The number of halogens is 1. The molecule has 0 spiro atoms. The second kappa shape index (κ2) is 9.46. The zero-order chi connectivity index (χ0) is 22.7. The number of nitrogens with one attached hydrogen (secondary N) is 1. The van der Waals surface area contributed by atoms with Crippen LogP contribution in [-0.2, 0) is 16.1 Å². The smallest absolute Gasteiger partial charge is 0.252 e. The van der Waals surface area contributed by atoms with Gasteiger partial charge in [-0.3, -0.25) is 19.5 Å². The van der Waals surface area contributed by atoms with Gasteiger partial charge in [0, 0.05) is 28.8 Å². The topological polar surface area (TPSA) is 65.5 Å². The van der Waals surface area contributed by atoms with Crippen molar-refractivity contribution in [1.29, 1.82) is 0 Å². The number of carbonyl (C=O) groups is 2. The van der Waals surface area contributed by atoms with E-state index in [0.717, 1.165) is 16.8 Å². The van der Waals surface area contributed by atoms with Crippen LogP contribution >= 0.6 is 23.8 Å². The van der Waals surface area contributed by atoms with Gasteiger partial charge in [0.15, 0.2) is 5.11 Å². The van der Waals surface area contributed by atoms with Crippen molar-refractivity contribution in [3.63, 3.8) is 0 Å². The number of nitrogens with zero attached hydrogens (tertiary/aromatic N) is 3. The van der Waals surface area contributed by atoms with Gasteiger partial charge >= 0.3 is 0 Å². The van der Waals surface area contributed by atoms with E-state index >= 15 is 0 Å². The molecule has 0 aliphatic carbocycles. The fraction of sp³-hybridized carbons (Fsp3) is 0.167. The zero-order valence-corrected chi connectivity index (χ0v) is 18.9. The van der Waals surface area contributed by atoms with Gasteiger partial charge in [-0.2, -0.15) is 0 Å². The molecule has 1 fully saturated rings. The number of aryl methyl sites for hydroxylation is 1. The molecule has 4 rings (SSSR count). The van der Waals surface area contributed by atoms with Crippen molar-refractivity contribution in [2.75, 3.05) is 10.2 Å². The van der Waals surface area contributed by atoms with E-state index in [4.69, 9.17) is 23.8 Å². The Balaban J connectivity index is 1.61. The molecule has 32 heavy (non-hydrogen) atoms. The second-order valence-corrected chi connectivity index (χ2v) is 8.30. The van der Waals surface area contributed by atoms with Crippen molar-refractivity contribution in [3.8, 4) is 0 Å². The van der Waals surface area contributed by atoms with Gasteiger partial charge in [0.05, 0.1) is 13.0 Å². The summed E-state index contributed by atoms with van der Waals surface area (Å²) in [5.74, 6) is -0.497. The predicted octanol–water partition coefficient (Wildman–Crippen LogP) is 4.57. The molecule has 8 heteroatoms.